The Morgan fingerprint density at radius 1 is 1.09 bits per heavy atom. The topological polar surface area (TPSA) is 68.2 Å². The van der Waals surface area contributed by atoms with Gasteiger partial charge in [-0.05, 0) is 36.4 Å². The van der Waals surface area contributed by atoms with Crippen molar-refractivity contribution in [3.8, 4) is 0 Å². The summed E-state index contributed by atoms with van der Waals surface area (Å²) in [5.41, 5.74) is 6.78. The van der Waals surface area contributed by atoms with E-state index < -0.39 is 11.7 Å². The van der Waals surface area contributed by atoms with Gasteiger partial charge >= 0.3 is 6.18 Å². The minimum Gasteiger partial charge on any atom is -0.325 e. The van der Waals surface area contributed by atoms with Gasteiger partial charge < -0.3 is 11.1 Å². The molecule has 3 N–H and O–H groups in total. The van der Waals surface area contributed by atoms with E-state index in [0.29, 0.717) is 23.8 Å². The summed E-state index contributed by atoms with van der Waals surface area (Å²) in [6.45, 7) is 0.306. The number of alkyl halides is 3. The number of rotatable bonds is 3. The van der Waals surface area contributed by atoms with Gasteiger partial charge in [0.15, 0.2) is 5.65 Å². The monoisotopic (exact) mass is 307 g/mol. The number of nitrogens with zero attached hydrogens (tertiary/aromatic N) is 3. The van der Waals surface area contributed by atoms with Crippen LogP contribution < -0.4 is 11.1 Å². The van der Waals surface area contributed by atoms with Crippen LogP contribution in [0.5, 0.6) is 0 Å². The van der Waals surface area contributed by atoms with Gasteiger partial charge in [0, 0.05) is 12.2 Å². The number of hydrogen-bond donors (Lipinski definition) is 2. The number of anilines is 2. The Labute approximate surface area is 123 Å². The lowest BCUT2D eigenvalue weighted by molar-refractivity contribution is -0.137. The van der Waals surface area contributed by atoms with Crippen LogP contribution in [-0.2, 0) is 12.7 Å². The molecular formula is C14H12F3N5. The predicted octanol–water partition coefficient (Wildman–Crippen LogP) is 2.95. The fraction of sp³-hybridized carbons (Fsp3) is 0.143. The molecular weight excluding hydrogens is 295 g/mol. The van der Waals surface area contributed by atoms with Gasteiger partial charge in [0.2, 0.25) is 5.95 Å². The second-order valence-corrected chi connectivity index (χ2v) is 4.63. The molecule has 0 saturated heterocycles. The minimum atomic E-state index is -4.35. The minimum absolute atomic E-state index is 0.292. The van der Waals surface area contributed by atoms with Gasteiger partial charge in [-0.15, -0.1) is 5.10 Å². The molecule has 0 unspecified atom stereocenters. The lowest BCUT2D eigenvalue weighted by Gasteiger charge is -2.07. The van der Waals surface area contributed by atoms with E-state index in [0.717, 1.165) is 17.8 Å². The van der Waals surface area contributed by atoms with E-state index in [4.69, 9.17) is 5.73 Å². The molecule has 3 aromatic rings. The Bertz CT molecular complexity index is 792. The van der Waals surface area contributed by atoms with Crippen LogP contribution in [0.25, 0.3) is 5.65 Å². The average molecular weight is 307 g/mol. The highest BCUT2D eigenvalue weighted by Gasteiger charge is 2.29. The highest BCUT2D eigenvalue weighted by molar-refractivity contribution is 5.56. The van der Waals surface area contributed by atoms with Crippen LogP contribution in [0.3, 0.4) is 0 Å². The predicted molar refractivity (Wildman–Crippen MR) is 75.6 cm³/mol. The zero-order valence-corrected chi connectivity index (χ0v) is 11.3. The van der Waals surface area contributed by atoms with Crippen LogP contribution in [-0.4, -0.2) is 14.6 Å². The maximum atomic E-state index is 12.5. The lowest BCUT2D eigenvalue weighted by Crippen LogP contribution is -2.05. The fourth-order valence-electron chi connectivity index (χ4n) is 2.04. The molecule has 0 amide bonds. The molecule has 22 heavy (non-hydrogen) atoms. The average Bonchev–Trinajstić information content (AvgIpc) is 2.89. The molecule has 0 aliphatic rings. The third-order valence-electron chi connectivity index (χ3n) is 3.12. The van der Waals surface area contributed by atoms with E-state index in [-0.39, 0.29) is 0 Å². The number of halogens is 3. The molecule has 1 aromatic carbocycles. The molecule has 0 aliphatic carbocycles. The Morgan fingerprint density at radius 3 is 2.45 bits per heavy atom. The summed E-state index contributed by atoms with van der Waals surface area (Å²) in [5, 5.41) is 7.11. The first-order valence-corrected chi connectivity index (χ1v) is 6.46. The van der Waals surface area contributed by atoms with E-state index in [1.165, 1.54) is 12.1 Å². The molecule has 114 valence electrons. The summed E-state index contributed by atoms with van der Waals surface area (Å²) in [7, 11) is 0. The first-order valence-electron chi connectivity index (χ1n) is 6.46. The zero-order chi connectivity index (χ0) is 15.7. The highest BCUT2D eigenvalue weighted by atomic mass is 19.4. The van der Waals surface area contributed by atoms with Crippen LogP contribution in [0.15, 0.2) is 42.5 Å². The first kappa shape index (κ1) is 14.3. The Hall–Kier alpha value is -2.61. The van der Waals surface area contributed by atoms with E-state index >= 15 is 0 Å². The Kier molecular flexibility index (Phi) is 3.45. The SMILES string of the molecule is NCc1cccc2nc(Nc3ccc(C(F)(F)F)cc3)nn12. The van der Waals surface area contributed by atoms with Crippen molar-refractivity contribution in [1.29, 1.82) is 0 Å². The molecule has 0 atom stereocenters. The maximum Gasteiger partial charge on any atom is 0.416 e. The largest absolute Gasteiger partial charge is 0.416 e. The molecule has 0 fully saturated rings. The van der Waals surface area contributed by atoms with Gasteiger partial charge in [-0.25, -0.2) is 4.52 Å². The Balaban J connectivity index is 1.87. The van der Waals surface area contributed by atoms with E-state index in [1.807, 2.05) is 12.1 Å². The van der Waals surface area contributed by atoms with E-state index in [1.54, 1.807) is 10.6 Å². The number of hydrogen-bond acceptors (Lipinski definition) is 4. The van der Waals surface area contributed by atoms with Crippen molar-refractivity contribution < 1.29 is 13.2 Å². The molecule has 0 aliphatic heterocycles. The van der Waals surface area contributed by atoms with E-state index in [9.17, 15) is 13.2 Å². The van der Waals surface area contributed by atoms with Gasteiger partial charge in [-0.1, -0.05) is 6.07 Å². The quantitative estimate of drug-likeness (QED) is 0.780. The summed E-state index contributed by atoms with van der Waals surface area (Å²) in [4.78, 5) is 4.25. The molecule has 0 saturated carbocycles. The number of nitrogens with one attached hydrogen (secondary N) is 1. The van der Waals surface area contributed by atoms with Crippen molar-refractivity contribution in [3.05, 3.63) is 53.7 Å². The molecule has 2 heterocycles. The van der Waals surface area contributed by atoms with Crippen molar-refractivity contribution >= 4 is 17.3 Å². The van der Waals surface area contributed by atoms with Crippen molar-refractivity contribution in [2.75, 3.05) is 5.32 Å². The van der Waals surface area contributed by atoms with Gasteiger partial charge in [0.1, 0.15) is 0 Å². The zero-order valence-electron chi connectivity index (χ0n) is 11.3. The molecule has 5 nitrogen and oxygen atoms in total. The number of nitrogens with two attached hydrogens (primary N) is 1. The normalized spacial score (nSPS) is 11.8. The summed E-state index contributed by atoms with van der Waals surface area (Å²) < 4.78 is 39.1. The summed E-state index contributed by atoms with van der Waals surface area (Å²) in [5.74, 6) is 0.292. The van der Waals surface area contributed by atoms with Crippen LogP contribution in [0.1, 0.15) is 11.3 Å². The van der Waals surface area contributed by atoms with Crippen molar-refractivity contribution in [2.45, 2.75) is 12.7 Å². The smallest absolute Gasteiger partial charge is 0.325 e. The standard InChI is InChI=1S/C14H12F3N5/c15-14(16,17)9-4-6-10(7-5-9)19-13-20-12-3-1-2-11(8-18)22(12)21-13/h1-7H,8,18H2,(H,19,21). The summed E-state index contributed by atoms with van der Waals surface area (Å²) >= 11 is 0. The highest BCUT2D eigenvalue weighted by Crippen LogP contribution is 2.30. The molecule has 0 spiro atoms. The van der Waals surface area contributed by atoms with Gasteiger partial charge in [0.25, 0.3) is 0 Å². The number of fused-ring (bicyclic) bond motifs is 1. The molecule has 3 rings (SSSR count). The third kappa shape index (κ3) is 2.73. The summed E-state index contributed by atoms with van der Waals surface area (Å²) in [6, 6.07) is 10.1. The van der Waals surface area contributed by atoms with Crippen LogP contribution >= 0.6 is 0 Å². The maximum absolute atomic E-state index is 12.5. The van der Waals surface area contributed by atoms with Gasteiger partial charge in [0.05, 0.1) is 11.3 Å². The molecule has 2 aromatic heterocycles. The number of benzene rings is 1. The van der Waals surface area contributed by atoms with Crippen LogP contribution in [0.4, 0.5) is 24.8 Å². The Morgan fingerprint density at radius 2 is 1.82 bits per heavy atom. The van der Waals surface area contributed by atoms with E-state index in [2.05, 4.69) is 15.4 Å². The van der Waals surface area contributed by atoms with Crippen molar-refractivity contribution in [1.82, 2.24) is 14.6 Å². The number of pyridine rings is 1. The van der Waals surface area contributed by atoms with Crippen molar-refractivity contribution in [3.63, 3.8) is 0 Å². The van der Waals surface area contributed by atoms with Gasteiger partial charge in [-0.3, -0.25) is 0 Å². The third-order valence-corrected chi connectivity index (χ3v) is 3.12. The second-order valence-electron chi connectivity index (χ2n) is 4.63. The molecule has 0 bridgehead atoms. The fourth-order valence-corrected chi connectivity index (χ4v) is 2.04. The first-order chi connectivity index (χ1) is 10.5. The molecule has 8 heteroatoms. The summed E-state index contributed by atoms with van der Waals surface area (Å²) in [6.07, 6.45) is -4.35. The molecule has 0 radical (unpaired) electrons. The van der Waals surface area contributed by atoms with Crippen molar-refractivity contribution in [2.24, 2.45) is 5.73 Å². The lowest BCUT2D eigenvalue weighted by atomic mass is 10.2. The number of aromatic nitrogens is 3. The van der Waals surface area contributed by atoms with Crippen LogP contribution in [0.2, 0.25) is 0 Å². The second kappa shape index (κ2) is 5.30. The van der Waals surface area contributed by atoms with Crippen LogP contribution in [0, 0.1) is 0 Å². The van der Waals surface area contributed by atoms with Gasteiger partial charge in [-0.2, -0.15) is 18.2 Å².